The van der Waals surface area contributed by atoms with Crippen LogP contribution in [-0.4, -0.2) is 26.8 Å². The molecule has 1 aromatic rings. The lowest BCUT2D eigenvalue weighted by molar-refractivity contribution is 0.340. The van der Waals surface area contributed by atoms with Crippen molar-refractivity contribution in [2.24, 2.45) is 11.8 Å². The molecule has 0 bridgehead atoms. The first-order valence-corrected chi connectivity index (χ1v) is 6.87. The molecule has 0 aliphatic heterocycles. The van der Waals surface area contributed by atoms with Crippen LogP contribution in [0.5, 0.6) is 0 Å². The third-order valence-corrected chi connectivity index (χ3v) is 3.76. The molecule has 5 nitrogen and oxygen atoms in total. The maximum atomic E-state index is 4.23. The van der Waals surface area contributed by atoms with Crippen LogP contribution in [0.15, 0.2) is 0 Å². The smallest absolute Gasteiger partial charge is 0.165 e. The van der Waals surface area contributed by atoms with E-state index in [1.165, 1.54) is 25.7 Å². The molecule has 2 aliphatic carbocycles. The number of aromatic nitrogens is 4. The highest BCUT2D eigenvalue weighted by Crippen LogP contribution is 2.51. The van der Waals surface area contributed by atoms with Gasteiger partial charge in [-0.3, -0.25) is 0 Å². The molecule has 0 atom stereocenters. The van der Waals surface area contributed by atoms with Gasteiger partial charge < -0.3 is 5.32 Å². The van der Waals surface area contributed by atoms with Crippen molar-refractivity contribution in [2.45, 2.75) is 51.6 Å². The Morgan fingerprint density at radius 2 is 2.00 bits per heavy atom. The lowest BCUT2D eigenvalue weighted by Gasteiger charge is -2.17. The lowest BCUT2D eigenvalue weighted by Crippen LogP contribution is -2.23. The Morgan fingerprint density at radius 1 is 1.29 bits per heavy atom. The zero-order valence-corrected chi connectivity index (χ0v) is 10.5. The second-order valence-electron chi connectivity index (χ2n) is 5.38. The molecule has 2 fully saturated rings. The van der Waals surface area contributed by atoms with E-state index in [2.05, 4.69) is 32.4 Å². The van der Waals surface area contributed by atoms with Gasteiger partial charge in [0.25, 0.3) is 0 Å². The predicted molar refractivity (Wildman–Crippen MR) is 64.3 cm³/mol. The van der Waals surface area contributed by atoms with Crippen molar-refractivity contribution in [1.29, 1.82) is 0 Å². The Hall–Kier alpha value is -0.970. The average Bonchev–Trinajstić information content (AvgIpc) is 3.22. The molecule has 0 saturated heterocycles. The van der Waals surface area contributed by atoms with Gasteiger partial charge in [-0.2, -0.15) is 0 Å². The predicted octanol–water partition coefficient (Wildman–Crippen LogP) is 1.53. The molecule has 1 heterocycles. The first-order valence-electron chi connectivity index (χ1n) is 6.87. The Kier molecular flexibility index (Phi) is 3.09. The first-order chi connectivity index (χ1) is 8.40. The third kappa shape index (κ3) is 2.49. The standard InChI is InChI=1S/C12H21N5/c1-2-7-13-8-11-14-15-16-17(11)12(9-3-4-9)10-5-6-10/h9-10,12-13H,2-8H2,1H3. The largest absolute Gasteiger partial charge is 0.310 e. The summed E-state index contributed by atoms with van der Waals surface area (Å²) in [6, 6.07) is 0.587. The van der Waals surface area contributed by atoms with Gasteiger partial charge in [-0.05, 0) is 60.9 Å². The van der Waals surface area contributed by atoms with E-state index in [4.69, 9.17) is 0 Å². The highest BCUT2D eigenvalue weighted by molar-refractivity contribution is 4.98. The van der Waals surface area contributed by atoms with Gasteiger partial charge in [-0.25, -0.2) is 4.68 Å². The molecule has 5 heteroatoms. The summed E-state index contributed by atoms with van der Waals surface area (Å²) in [5, 5.41) is 15.7. The highest BCUT2D eigenvalue weighted by Gasteiger charge is 2.44. The molecule has 17 heavy (non-hydrogen) atoms. The Labute approximate surface area is 102 Å². The second kappa shape index (κ2) is 4.72. The fourth-order valence-electron chi connectivity index (χ4n) is 2.60. The fraction of sp³-hybridized carbons (Fsp3) is 0.917. The van der Waals surface area contributed by atoms with Gasteiger partial charge in [0.2, 0.25) is 0 Å². The first kappa shape index (κ1) is 11.1. The van der Waals surface area contributed by atoms with E-state index in [9.17, 15) is 0 Å². The van der Waals surface area contributed by atoms with Gasteiger partial charge in [0.05, 0.1) is 12.6 Å². The quantitative estimate of drug-likeness (QED) is 0.728. The highest BCUT2D eigenvalue weighted by atomic mass is 15.6. The van der Waals surface area contributed by atoms with Crippen LogP contribution < -0.4 is 5.32 Å². The van der Waals surface area contributed by atoms with Crippen molar-refractivity contribution in [1.82, 2.24) is 25.5 Å². The second-order valence-corrected chi connectivity index (χ2v) is 5.38. The summed E-state index contributed by atoms with van der Waals surface area (Å²) in [7, 11) is 0. The van der Waals surface area contributed by atoms with Crippen molar-refractivity contribution < 1.29 is 0 Å². The maximum absolute atomic E-state index is 4.23. The zero-order chi connectivity index (χ0) is 11.7. The summed E-state index contributed by atoms with van der Waals surface area (Å²) in [4.78, 5) is 0. The SMILES string of the molecule is CCCNCc1nnnn1C(C1CC1)C1CC1. The average molecular weight is 235 g/mol. The lowest BCUT2D eigenvalue weighted by atomic mass is 10.1. The van der Waals surface area contributed by atoms with Crippen LogP contribution in [0.1, 0.15) is 50.9 Å². The van der Waals surface area contributed by atoms with Crippen LogP contribution in [0.25, 0.3) is 0 Å². The topological polar surface area (TPSA) is 55.6 Å². The molecule has 0 unspecified atom stereocenters. The molecule has 2 saturated carbocycles. The Morgan fingerprint density at radius 3 is 2.59 bits per heavy atom. The number of rotatable bonds is 7. The van der Waals surface area contributed by atoms with Gasteiger partial charge >= 0.3 is 0 Å². The van der Waals surface area contributed by atoms with Gasteiger partial charge in [0.15, 0.2) is 5.82 Å². The molecule has 94 valence electrons. The van der Waals surface area contributed by atoms with Crippen LogP contribution in [0.4, 0.5) is 0 Å². The van der Waals surface area contributed by atoms with Crippen LogP contribution in [-0.2, 0) is 6.54 Å². The summed E-state index contributed by atoms with van der Waals surface area (Å²) in [6.45, 7) is 4.01. The number of hydrogen-bond acceptors (Lipinski definition) is 4. The monoisotopic (exact) mass is 235 g/mol. The van der Waals surface area contributed by atoms with E-state index in [1.54, 1.807) is 0 Å². The van der Waals surface area contributed by atoms with Crippen molar-refractivity contribution in [3.63, 3.8) is 0 Å². The minimum Gasteiger partial charge on any atom is -0.310 e. The summed E-state index contributed by atoms with van der Waals surface area (Å²) in [6.07, 6.45) is 6.60. The number of hydrogen-bond donors (Lipinski definition) is 1. The molecule has 0 radical (unpaired) electrons. The van der Waals surface area contributed by atoms with E-state index in [-0.39, 0.29) is 0 Å². The van der Waals surface area contributed by atoms with Crippen LogP contribution >= 0.6 is 0 Å². The van der Waals surface area contributed by atoms with E-state index in [0.29, 0.717) is 6.04 Å². The molecule has 1 N–H and O–H groups in total. The Bertz CT molecular complexity index is 355. The van der Waals surface area contributed by atoms with Crippen LogP contribution in [0.3, 0.4) is 0 Å². The van der Waals surface area contributed by atoms with Crippen molar-refractivity contribution >= 4 is 0 Å². The van der Waals surface area contributed by atoms with E-state index in [0.717, 1.165) is 37.2 Å². The molecule has 0 aromatic carbocycles. The summed E-state index contributed by atoms with van der Waals surface area (Å²) in [5.74, 6) is 2.70. The fourth-order valence-corrected chi connectivity index (χ4v) is 2.60. The van der Waals surface area contributed by atoms with Gasteiger partial charge in [0, 0.05) is 0 Å². The molecule has 1 aromatic heterocycles. The van der Waals surface area contributed by atoms with E-state index in [1.807, 2.05) is 0 Å². The van der Waals surface area contributed by atoms with E-state index >= 15 is 0 Å². The number of tetrazole rings is 1. The molecule has 0 amide bonds. The third-order valence-electron chi connectivity index (χ3n) is 3.76. The maximum Gasteiger partial charge on any atom is 0.165 e. The summed E-state index contributed by atoms with van der Waals surface area (Å²) >= 11 is 0. The van der Waals surface area contributed by atoms with Gasteiger partial charge in [-0.15, -0.1) is 5.10 Å². The van der Waals surface area contributed by atoms with Crippen LogP contribution in [0, 0.1) is 11.8 Å². The normalized spacial score (nSPS) is 20.1. The molecule has 2 aliphatic rings. The Balaban J connectivity index is 1.69. The van der Waals surface area contributed by atoms with Gasteiger partial charge in [-0.1, -0.05) is 6.92 Å². The molecule has 0 spiro atoms. The zero-order valence-electron chi connectivity index (χ0n) is 10.5. The van der Waals surface area contributed by atoms with Crippen molar-refractivity contribution in [3.05, 3.63) is 5.82 Å². The number of nitrogens with zero attached hydrogens (tertiary/aromatic N) is 4. The molecular formula is C12H21N5. The van der Waals surface area contributed by atoms with Gasteiger partial charge in [0.1, 0.15) is 0 Å². The van der Waals surface area contributed by atoms with Crippen molar-refractivity contribution in [2.75, 3.05) is 6.54 Å². The molecular weight excluding hydrogens is 214 g/mol. The van der Waals surface area contributed by atoms with Crippen molar-refractivity contribution in [3.8, 4) is 0 Å². The molecule has 3 rings (SSSR count). The van der Waals surface area contributed by atoms with E-state index < -0.39 is 0 Å². The summed E-state index contributed by atoms with van der Waals surface area (Å²) < 4.78 is 2.11. The van der Waals surface area contributed by atoms with Crippen LogP contribution in [0.2, 0.25) is 0 Å². The minimum absolute atomic E-state index is 0.587. The number of nitrogens with one attached hydrogen (secondary N) is 1. The summed E-state index contributed by atoms with van der Waals surface area (Å²) in [5.41, 5.74) is 0. The minimum atomic E-state index is 0.587.